The van der Waals surface area contributed by atoms with Crippen LogP contribution in [-0.2, 0) is 42.9 Å². The van der Waals surface area contributed by atoms with Gasteiger partial charge < -0.3 is 23.7 Å². The summed E-state index contributed by atoms with van der Waals surface area (Å²) in [5, 5.41) is 0. The van der Waals surface area contributed by atoms with Crippen molar-refractivity contribution in [3.63, 3.8) is 0 Å². The zero-order valence-electron chi connectivity index (χ0n) is 14.1. The van der Waals surface area contributed by atoms with E-state index in [0.29, 0.717) is 0 Å². The number of hydrogen-bond acceptors (Lipinski definition) is 10. The van der Waals surface area contributed by atoms with Crippen LogP contribution in [0.25, 0.3) is 0 Å². The third kappa shape index (κ3) is 6.48. The summed E-state index contributed by atoms with van der Waals surface area (Å²) in [6, 6.07) is -1.03. The normalized spacial score (nSPS) is 28.6. The van der Waals surface area contributed by atoms with E-state index in [1.54, 1.807) is 0 Å². The van der Waals surface area contributed by atoms with Crippen molar-refractivity contribution in [3.05, 3.63) is 0 Å². The number of halogens is 1. The Hall–Kier alpha value is -1.91. The Bertz CT molecular complexity index is 526. The molecule has 0 aromatic carbocycles. The minimum absolute atomic E-state index is 0.322. The topological polar surface area (TPSA) is 126 Å². The molecule has 10 nitrogen and oxygen atoms in total. The van der Waals surface area contributed by atoms with Gasteiger partial charge in [0, 0.05) is 27.7 Å². The van der Waals surface area contributed by atoms with Gasteiger partial charge in [0.15, 0.2) is 12.2 Å². The quantitative estimate of drug-likeness (QED) is 0.375. The van der Waals surface area contributed by atoms with Crippen molar-refractivity contribution in [1.29, 1.82) is 0 Å². The zero-order chi connectivity index (χ0) is 19.1. The van der Waals surface area contributed by atoms with Crippen LogP contribution in [0.4, 0.5) is 0 Å². The summed E-state index contributed by atoms with van der Waals surface area (Å²) in [5.74, 6) is -2.65. The van der Waals surface area contributed by atoms with Crippen LogP contribution in [0.2, 0.25) is 0 Å². The van der Waals surface area contributed by atoms with E-state index in [9.17, 15) is 19.2 Å². The molecule has 1 saturated heterocycles. The summed E-state index contributed by atoms with van der Waals surface area (Å²) in [7, 11) is 0. The summed E-state index contributed by atoms with van der Waals surface area (Å²) in [6.07, 6.45) is -4.63. The smallest absolute Gasteiger partial charge is 0.304 e. The van der Waals surface area contributed by atoms with Crippen LogP contribution in [0.3, 0.4) is 0 Å². The summed E-state index contributed by atoms with van der Waals surface area (Å²) in [4.78, 5) is 47.5. The molecule has 1 N–H and O–H groups in total. The predicted molar refractivity (Wildman–Crippen MR) is 80.9 cm³/mol. The molecule has 1 aliphatic heterocycles. The lowest BCUT2D eigenvalue weighted by molar-refractivity contribution is -0.269. The third-order valence-electron chi connectivity index (χ3n) is 3.11. The second-order valence-electron chi connectivity index (χ2n) is 5.24. The van der Waals surface area contributed by atoms with Crippen molar-refractivity contribution >= 4 is 35.7 Å². The second-order valence-corrected chi connectivity index (χ2v) is 5.46. The average molecular weight is 382 g/mol. The molecule has 0 radical (unpaired) electrons. The van der Waals surface area contributed by atoms with E-state index in [1.165, 1.54) is 6.92 Å². The first-order valence-electron chi connectivity index (χ1n) is 7.32. The third-order valence-corrected chi connectivity index (χ3v) is 3.36. The van der Waals surface area contributed by atoms with Gasteiger partial charge in [-0.2, -0.15) is 0 Å². The minimum Gasteiger partial charge on any atom is -0.463 e. The Kier molecular flexibility index (Phi) is 8.07. The van der Waals surface area contributed by atoms with Gasteiger partial charge >= 0.3 is 23.9 Å². The van der Waals surface area contributed by atoms with E-state index < -0.39 is 54.5 Å². The van der Waals surface area contributed by atoms with Crippen LogP contribution >= 0.6 is 11.8 Å². The first-order chi connectivity index (χ1) is 11.6. The van der Waals surface area contributed by atoms with Gasteiger partial charge in [0.1, 0.15) is 18.8 Å². The molecule has 25 heavy (non-hydrogen) atoms. The van der Waals surface area contributed by atoms with Gasteiger partial charge in [0.05, 0.1) is 0 Å². The maximum absolute atomic E-state index is 11.4. The summed E-state index contributed by atoms with van der Waals surface area (Å²) >= 11 is 5.68. The molecule has 0 spiro atoms. The molecule has 0 aliphatic carbocycles. The number of carbonyl (C=O) groups is 4. The van der Waals surface area contributed by atoms with Crippen molar-refractivity contribution in [3.8, 4) is 0 Å². The molecule has 0 aromatic heterocycles. The average Bonchev–Trinajstić information content (AvgIpc) is 2.46. The van der Waals surface area contributed by atoms with Gasteiger partial charge in [-0.25, -0.2) is 4.84 Å². The first kappa shape index (κ1) is 21.1. The van der Waals surface area contributed by atoms with Crippen LogP contribution in [0, 0.1) is 0 Å². The van der Waals surface area contributed by atoms with Crippen LogP contribution < -0.4 is 4.84 Å². The van der Waals surface area contributed by atoms with Crippen molar-refractivity contribution in [2.45, 2.75) is 58.3 Å². The van der Waals surface area contributed by atoms with E-state index in [0.717, 1.165) is 20.8 Å². The Morgan fingerprint density at radius 3 is 1.84 bits per heavy atom. The van der Waals surface area contributed by atoms with Crippen molar-refractivity contribution in [1.82, 2.24) is 4.84 Å². The Morgan fingerprint density at radius 1 is 0.880 bits per heavy atom. The molecule has 1 rings (SSSR count). The van der Waals surface area contributed by atoms with E-state index in [-0.39, 0.29) is 6.61 Å². The maximum atomic E-state index is 11.4. The van der Waals surface area contributed by atoms with Gasteiger partial charge in [-0.3, -0.25) is 19.2 Å². The number of esters is 4. The molecule has 0 aromatic rings. The fraction of sp³-hybridized carbons (Fsp3) is 0.714. The fourth-order valence-corrected chi connectivity index (χ4v) is 2.51. The summed E-state index contributed by atoms with van der Waals surface area (Å²) in [6.45, 7) is 4.30. The lowest BCUT2D eigenvalue weighted by Crippen LogP contribution is -2.65. The van der Waals surface area contributed by atoms with Crippen LogP contribution in [0.1, 0.15) is 27.7 Å². The summed E-state index contributed by atoms with van der Waals surface area (Å²) in [5.41, 5.74) is 0. The number of hydrogen-bond donors (Lipinski definition) is 1. The van der Waals surface area contributed by atoms with E-state index >= 15 is 0 Å². The van der Waals surface area contributed by atoms with Crippen molar-refractivity contribution < 1.29 is 42.9 Å². The second kappa shape index (κ2) is 9.54. The highest BCUT2D eigenvalue weighted by Gasteiger charge is 2.51. The Labute approximate surface area is 149 Å². The highest BCUT2D eigenvalue weighted by atomic mass is 35.5. The number of rotatable bonds is 6. The molecule has 0 unspecified atom stereocenters. The fourth-order valence-electron chi connectivity index (χ4n) is 2.28. The number of ether oxygens (including phenoxy) is 5. The molecule has 11 heteroatoms. The van der Waals surface area contributed by atoms with E-state index in [1.807, 2.05) is 0 Å². The van der Waals surface area contributed by atoms with Crippen molar-refractivity contribution in [2.75, 3.05) is 6.61 Å². The van der Waals surface area contributed by atoms with Gasteiger partial charge in [-0.05, 0) is 11.8 Å². The molecular formula is C14H20ClNO9. The first-order valence-corrected chi connectivity index (χ1v) is 7.70. The summed E-state index contributed by atoms with van der Waals surface area (Å²) < 4.78 is 25.8. The molecule has 0 amide bonds. The van der Waals surface area contributed by atoms with Crippen LogP contribution in [0.15, 0.2) is 0 Å². The molecule has 5 atom stereocenters. The Morgan fingerprint density at radius 2 is 1.40 bits per heavy atom. The van der Waals surface area contributed by atoms with Crippen LogP contribution in [-0.4, -0.2) is 61.1 Å². The van der Waals surface area contributed by atoms with Gasteiger partial charge in [-0.1, -0.05) is 0 Å². The van der Waals surface area contributed by atoms with Crippen LogP contribution in [0.5, 0.6) is 0 Å². The Balaban J connectivity index is 3.16. The molecule has 0 bridgehead atoms. The van der Waals surface area contributed by atoms with Gasteiger partial charge in [-0.15, -0.1) is 0 Å². The van der Waals surface area contributed by atoms with E-state index in [2.05, 4.69) is 4.84 Å². The van der Waals surface area contributed by atoms with E-state index in [4.69, 9.17) is 35.5 Å². The highest BCUT2D eigenvalue weighted by molar-refractivity contribution is 6.13. The SMILES string of the molecule is CC(=O)OC[C@H]1O[C@@H](OC(C)=O)[C@H](NCl)[C@@H](OC(C)=O)[C@@H]1OC(C)=O. The minimum atomic E-state index is -1.27. The molecule has 1 heterocycles. The largest absolute Gasteiger partial charge is 0.463 e. The van der Waals surface area contributed by atoms with Gasteiger partial charge in [0.25, 0.3) is 0 Å². The molecule has 142 valence electrons. The number of nitrogens with one attached hydrogen (secondary N) is 1. The molecule has 0 saturated carbocycles. The zero-order valence-corrected chi connectivity index (χ0v) is 14.9. The lowest BCUT2D eigenvalue weighted by atomic mass is 9.97. The number of carbonyl (C=O) groups excluding carboxylic acids is 4. The maximum Gasteiger partial charge on any atom is 0.304 e. The molecular weight excluding hydrogens is 362 g/mol. The highest BCUT2D eigenvalue weighted by Crippen LogP contribution is 2.28. The standard InChI is InChI=1S/C14H20ClNO9/c1-6(17)21-5-10-12(22-7(2)18)13(23-8(3)19)11(16-15)14(25-10)24-9(4)20/h10-14,16H,5H2,1-4H3/t10-,11-,12-,13-,14-/m1/s1. The molecule has 1 aliphatic rings. The van der Waals surface area contributed by atoms with Crippen molar-refractivity contribution in [2.24, 2.45) is 0 Å². The monoisotopic (exact) mass is 381 g/mol. The molecule has 1 fully saturated rings. The predicted octanol–water partition coefficient (Wildman–Crippen LogP) is -0.187. The van der Waals surface area contributed by atoms with Gasteiger partial charge in [0.2, 0.25) is 6.29 Å². The lowest BCUT2D eigenvalue weighted by Gasteiger charge is -2.43.